The zero-order valence-electron chi connectivity index (χ0n) is 16.9. The van der Waals surface area contributed by atoms with Gasteiger partial charge in [0.25, 0.3) is 5.56 Å². The topological polar surface area (TPSA) is 58.4 Å². The van der Waals surface area contributed by atoms with Gasteiger partial charge in [-0.25, -0.2) is 4.98 Å². The molecule has 1 aromatic carbocycles. The van der Waals surface area contributed by atoms with Gasteiger partial charge < -0.3 is 4.90 Å². The Labute approximate surface area is 183 Å². The Hall–Kier alpha value is -2.42. The van der Waals surface area contributed by atoms with E-state index in [0.29, 0.717) is 16.3 Å². The first-order valence-corrected chi connectivity index (χ1v) is 11.8. The maximum atomic E-state index is 12.6. The highest BCUT2D eigenvalue weighted by molar-refractivity contribution is 7.99. The van der Waals surface area contributed by atoms with Crippen LogP contribution in [-0.2, 0) is 11.8 Å². The summed E-state index contributed by atoms with van der Waals surface area (Å²) in [5.74, 6) is 0.394. The van der Waals surface area contributed by atoms with Gasteiger partial charge >= 0.3 is 0 Å². The zero-order valence-corrected chi connectivity index (χ0v) is 18.5. The van der Waals surface area contributed by atoms with Gasteiger partial charge in [-0.2, -0.15) is 0 Å². The second kappa shape index (κ2) is 9.59. The molecular weight excluding hydrogens is 416 g/mol. The number of thiophene rings is 1. The molecule has 1 amide bonds. The SMILES string of the molecule is Cn1c(SCC(=O)N2CCN(C/C=C/c3ccccc3)CC2)nc2sccc2c1=O. The van der Waals surface area contributed by atoms with Crippen molar-refractivity contribution in [3.8, 4) is 0 Å². The molecular formula is C22H24N4O2S2. The number of hydrogen-bond acceptors (Lipinski definition) is 6. The molecule has 1 fully saturated rings. The largest absolute Gasteiger partial charge is 0.339 e. The molecule has 1 aliphatic heterocycles. The van der Waals surface area contributed by atoms with E-state index in [0.717, 1.165) is 37.6 Å². The molecule has 8 heteroatoms. The number of hydrogen-bond donors (Lipinski definition) is 0. The van der Waals surface area contributed by atoms with Gasteiger partial charge in [-0.1, -0.05) is 54.2 Å². The van der Waals surface area contributed by atoms with Crippen LogP contribution in [0.3, 0.4) is 0 Å². The Morgan fingerprint density at radius 1 is 1.17 bits per heavy atom. The number of fused-ring (bicyclic) bond motifs is 1. The minimum absolute atomic E-state index is 0.0617. The van der Waals surface area contributed by atoms with Crippen molar-refractivity contribution in [3.63, 3.8) is 0 Å². The Morgan fingerprint density at radius 2 is 1.93 bits per heavy atom. The number of nitrogens with zero attached hydrogens (tertiary/aromatic N) is 4. The summed E-state index contributed by atoms with van der Waals surface area (Å²) in [4.78, 5) is 34.6. The van der Waals surface area contributed by atoms with Gasteiger partial charge in [0.2, 0.25) is 5.91 Å². The quantitative estimate of drug-likeness (QED) is 0.436. The van der Waals surface area contributed by atoms with Gasteiger partial charge in [-0.3, -0.25) is 19.1 Å². The molecule has 0 spiro atoms. The van der Waals surface area contributed by atoms with Crippen LogP contribution in [0, 0.1) is 0 Å². The van der Waals surface area contributed by atoms with Gasteiger partial charge in [-0.15, -0.1) is 11.3 Å². The Kier molecular flexibility index (Phi) is 6.66. The molecule has 156 valence electrons. The standard InChI is InChI=1S/C22H24N4O2S2/c1-24-21(28)18-9-15-29-20(18)23-22(24)30-16-19(27)26-13-11-25(12-14-26)10-5-8-17-6-3-2-4-7-17/h2-9,15H,10-14,16H2,1H3/b8-5+. The van der Waals surface area contributed by atoms with Crippen molar-refractivity contribution in [1.29, 1.82) is 0 Å². The number of carbonyl (C=O) groups excluding carboxylic acids is 1. The highest BCUT2D eigenvalue weighted by Crippen LogP contribution is 2.21. The lowest BCUT2D eigenvalue weighted by molar-refractivity contribution is -0.130. The molecule has 0 atom stereocenters. The lowest BCUT2D eigenvalue weighted by Crippen LogP contribution is -2.49. The van der Waals surface area contributed by atoms with Crippen LogP contribution in [0.2, 0.25) is 0 Å². The molecule has 1 saturated heterocycles. The minimum Gasteiger partial charge on any atom is -0.339 e. The third-order valence-electron chi connectivity index (χ3n) is 5.19. The highest BCUT2D eigenvalue weighted by atomic mass is 32.2. The zero-order chi connectivity index (χ0) is 20.9. The molecule has 0 aliphatic carbocycles. The molecule has 0 unspecified atom stereocenters. The van der Waals surface area contributed by atoms with Gasteiger partial charge in [0.1, 0.15) is 4.83 Å². The number of piperazine rings is 1. The Balaban J connectivity index is 1.26. The van der Waals surface area contributed by atoms with Crippen molar-refractivity contribution in [2.45, 2.75) is 5.16 Å². The summed E-state index contributed by atoms with van der Waals surface area (Å²) in [7, 11) is 1.71. The highest BCUT2D eigenvalue weighted by Gasteiger charge is 2.21. The fraction of sp³-hybridized carbons (Fsp3) is 0.318. The van der Waals surface area contributed by atoms with Crippen molar-refractivity contribution in [1.82, 2.24) is 19.4 Å². The predicted molar refractivity (Wildman–Crippen MR) is 124 cm³/mol. The molecule has 3 aromatic rings. The molecule has 2 aromatic heterocycles. The van der Waals surface area contributed by atoms with Gasteiger partial charge in [0.05, 0.1) is 11.1 Å². The van der Waals surface area contributed by atoms with Crippen LogP contribution in [-0.4, -0.2) is 63.7 Å². The average Bonchev–Trinajstić information content (AvgIpc) is 3.25. The Morgan fingerprint density at radius 3 is 2.70 bits per heavy atom. The van der Waals surface area contributed by atoms with E-state index in [9.17, 15) is 9.59 Å². The summed E-state index contributed by atoms with van der Waals surface area (Å²) in [6.45, 7) is 4.09. The van der Waals surface area contributed by atoms with E-state index in [4.69, 9.17) is 0 Å². The van der Waals surface area contributed by atoms with Crippen LogP contribution >= 0.6 is 23.1 Å². The van der Waals surface area contributed by atoms with E-state index in [1.165, 1.54) is 33.2 Å². The van der Waals surface area contributed by atoms with Crippen LogP contribution in [0.15, 0.2) is 57.8 Å². The van der Waals surface area contributed by atoms with E-state index in [1.807, 2.05) is 28.5 Å². The summed E-state index contributed by atoms with van der Waals surface area (Å²) in [5, 5.41) is 3.09. The summed E-state index contributed by atoms with van der Waals surface area (Å²) < 4.78 is 1.53. The summed E-state index contributed by atoms with van der Waals surface area (Å²) in [5.41, 5.74) is 1.14. The molecule has 0 bridgehead atoms. The molecule has 0 saturated carbocycles. The van der Waals surface area contributed by atoms with Crippen LogP contribution in [0.25, 0.3) is 16.3 Å². The predicted octanol–water partition coefficient (Wildman–Crippen LogP) is 2.94. The van der Waals surface area contributed by atoms with Crippen molar-refractivity contribution >= 4 is 45.3 Å². The molecule has 6 nitrogen and oxygen atoms in total. The maximum absolute atomic E-state index is 12.6. The molecule has 0 radical (unpaired) electrons. The van der Waals surface area contributed by atoms with E-state index in [2.05, 4.69) is 34.2 Å². The third kappa shape index (κ3) is 4.83. The van der Waals surface area contributed by atoms with Crippen LogP contribution in [0.4, 0.5) is 0 Å². The molecule has 4 rings (SSSR count). The Bertz CT molecular complexity index is 1100. The van der Waals surface area contributed by atoms with E-state index < -0.39 is 0 Å². The first kappa shape index (κ1) is 20.8. The maximum Gasteiger partial charge on any atom is 0.262 e. The fourth-order valence-electron chi connectivity index (χ4n) is 3.41. The smallest absolute Gasteiger partial charge is 0.262 e. The van der Waals surface area contributed by atoms with Crippen molar-refractivity contribution in [3.05, 3.63) is 63.8 Å². The molecule has 1 aliphatic rings. The van der Waals surface area contributed by atoms with Gasteiger partial charge in [0, 0.05) is 39.8 Å². The third-order valence-corrected chi connectivity index (χ3v) is 7.01. The van der Waals surface area contributed by atoms with Crippen LogP contribution in [0.5, 0.6) is 0 Å². The lowest BCUT2D eigenvalue weighted by Gasteiger charge is -2.34. The second-order valence-electron chi connectivity index (χ2n) is 7.18. The minimum atomic E-state index is -0.0617. The lowest BCUT2D eigenvalue weighted by atomic mass is 10.2. The normalized spacial score (nSPS) is 15.3. The average molecular weight is 441 g/mol. The second-order valence-corrected chi connectivity index (χ2v) is 9.02. The number of benzene rings is 1. The van der Waals surface area contributed by atoms with Gasteiger partial charge in [0.15, 0.2) is 5.16 Å². The van der Waals surface area contributed by atoms with E-state index in [-0.39, 0.29) is 11.5 Å². The summed E-state index contributed by atoms with van der Waals surface area (Å²) >= 11 is 2.78. The number of amides is 1. The number of aromatic nitrogens is 2. The molecule has 0 N–H and O–H groups in total. The van der Waals surface area contributed by atoms with Crippen LogP contribution in [0.1, 0.15) is 5.56 Å². The summed E-state index contributed by atoms with van der Waals surface area (Å²) in [6.07, 6.45) is 4.31. The van der Waals surface area contributed by atoms with Crippen molar-refractivity contribution in [2.24, 2.45) is 7.05 Å². The first-order valence-electron chi connectivity index (χ1n) is 9.90. The fourth-order valence-corrected chi connectivity index (χ4v) is 5.09. The number of rotatable bonds is 6. The number of carbonyl (C=O) groups is 1. The first-order chi connectivity index (χ1) is 14.6. The van der Waals surface area contributed by atoms with Crippen molar-refractivity contribution in [2.75, 3.05) is 38.5 Å². The van der Waals surface area contributed by atoms with E-state index in [1.54, 1.807) is 13.1 Å². The monoisotopic (exact) mass is 440 g/mol. The van der Waals surface area contributed by atoms with Crippen molar-refractivity contribution < 1.29 is 4.79 Å². The summed E-state index contributed by atoms with van der Waals surface area (Å²) in [6, 6.07) is 12.1. The van der Waals surface area contributed by atoms with Crippen LogP contribution < -0.4 is 5.56 Å². The van der Waals surface area contributed by atoms with Gasteiger partial charge in [-0.05, 0) is 17.0 Å². The molecule has 30 heavy (non-hydrogen) atoms. The number of thioether (sulfide) groups is 1. The molecule has 3 heterocycles. The van der Waals surface area contributed by atoms with E-state index >= 15 is 0 Å².